The molecule has 1 heterocycles. The van der Waals surface area contributed by atoms with E-state index in [2.05, 4.69) is 54.9 Å². The predicted molar refractivity (Wildman–Crippen MR) is 93.3 cm³/mol. The number of nitrogens with zero attached hydrogens (tertiary/aromatic N) is 2. The molecule has 0 fully saturated rings. The van der Waals surface area contributed by atoms with Crippen LogP contribution in [0.3, 0.4) is 0 Å². The van der Waals surface area contributed by atoms with E-state index in [0.29, 0.717) is 5.88 Å². The Morgan fingerprint density at radius 2 is 1.86 bits per heavy atom. The van der Waals surface area contributed by atoms with E-state index >= 15 is 0 Å². The number of para-hydroxylation sites is 1. The zero-order chi connectivity index (χ0) is 15.2. The Hall–Kier alpha value is -1.28. The molecule has 1 aromatic carbocycles. The molecule has 0 aliphatic heterocycles. The van der Waals surface area contributed by atoms with Gasteiger partial charge in [-0.15, -0.1) is 11.6 Å². The molecule has 21 heavy (non-hydrogen) atoms. The van der Waals surface area contributed by atoms with Gasteiger partial charge in [0, 0.05) is 24.2 Å². The Kier molecular flexibility index (Phi) is 5.86. The lowest BCUT2D eigenvalue weighted by atomic mass is 10.0. The van der Waals surface area contributed by atoms with Gasteiger partial charge in [-0.25, -0.2) is 0 Å². The van der Waals surface area contributed by atoms with Gasteiger partial charge in [-0.05, 0) is 25.0 Å². The number of anilines is 1. The minimum absolute atomic E-state index is 0.459. The van der Waals surface area contributed by atoms with E-state index in [-0.39, 0.29) is 0 Å². The molecule has 0 aliphatic rings. The van der Waals surface area contributed by atoms with Crippen molar-refractivity contribution in [1.29, 1.82) is 0 Å². The summed E-state index contributed by atoms with van der Waals surface area (Å²) in [5.74, 6) is 1.19. The summed E-state index contributed by atoms with van der Waals surface area (Å²) in [4.78, 5) is 7.10. The first-order valence-electron chi connectivity index (χ1n) is 7.92. The summed E-state index contributed by atoms with van der Waals surface area (Å²) in [6.07, 6.45) is 2.44. The van der Waals surface area contributed by atoms with Crippen LogP contribution < -0.4 is 4.90 Å². The van der Waals surface area contributed by atoms with Gasteiger partial charge in [0.05, 0.1) is 17.1 Å². The molecule has 2 aromatic rings. The summed E-state index contributed by atoms with van der Waals surface area (Å²) >= 11 is 6.03. The molecular weight excluding hydrogens is 280 g/mol. The summed E-state index contributed by atoms with van der Waals surface area (Å²) in [5.41, 5.74) is 3.26. The molecule has 0 spiro atoms. The molecule has 2 nitrogen and oxygen atoms in total. The van der Waals surface area contributed by atoms with E-state index in [1.807, 2.05) is 6.07 Å². The van der Waals surface area contributed by atoms with Crippen molar-refractivity contribution in [3.63, 3.8) is 0 Å². The lowest BCUT2D eigenvalue weighted by Crippen LogP contribution is -2.29. The van der Waals surface area contributed by atoms with Gasteiger partial charge in [-0.2, -0.15) is 0 Å². The molecule has 0 saturated carbocycles. The zero-order valence-corrected chi connectivity index (χ0v) is 14.0. The molecule has 1 aromatic heterocycles. The van der Waals surface area contributed by atoms with Crippen LogP contribution in [0.2, 0.25) is 0 Å². The van der Waals surface area contributed by atoms with Crippen molar-refractivity contribution in [3.05, 3.63) is 36.0 Å². The Morgan fingerprint density at radius 1 is 1.14 bits per heavy atom. The molecule has 0 aliphatic carbocycles. The number of alkyl halides is 1. The summed E-state index contributed by atoms with van der Waals surface area (Å²) in [7, 11) is 0. The van der Waals surface area contributed by atoms with E-state index in [9.17, 15) is 0 Å². The second kappa shape index (κ2) is 7.65. The van der Waals surface area contributed by atoms with Crippen LogP contribution >= 0.6 is 11.6 Å². The number of benzene rings is 1. The Bertz CT molecular complexity index is 578. The van der Waals surface area contributed by atoms with Gasteiger partial charge in [0.2, 0.25) is 0 Å². The quantitative estimate of drug-likeness (QED) is 0.651. The average molecular weight is 305 g/mol. The second-order valence-corrected chi connectivity index (χ2v) is 5.77. The average Bonchev–Trinajstić information content (AvgIpc) is 2.55. The Labute approximate surface area is 133 Å². The molecule has 3 heteroatoms. The van der Waals surface area contributed by atoms with E-state index < -0.39 is 0 Å². The van der Waals surface area contributed by atoms with Crippen LogP contribution in [-0.4, -0.2) is 18.1 Å². The highest BCUT2D eigenvalue weighted by Crippen LogP contribution is 2.28. The smallest absolute Gasteiger partial charge is 0.0726 e. The van der Waals surface area contributed by atoms with Crippen LogP contribution in [0.4, 0.5) is 5.69 Å². The lowest BCUT2D eigenvalue weighted by molar-refractivity contribution is 0.486. The topological polar surface area (TPSA) is 16.1 Å². The van der Waals surface area contributed by atoms with Crippen LogP contribution in [0.5, 0.6) is 0 Å². The van der Waals surface area contributed by atoms with E-state index in [0.717, 1.165) is 30.2 Å². The highest BCUT2D eigenvalue weighted by molar-refractivity contribution is 6.17. The molecule has 2 rings (SSSR count). The van der Waals surface area contributed by atoms with E-state index in [1.165, 1.54) is 23.9 Å². The van der Waals surface area contributed by atoms with Gasteiger partial charge in [-0.1, -0.05) is 44.9 Å². The highest BCUT2D eigenvalue weighted by atomic mass is 35.5. The van der Waals surface area contributed by atoms with Gasteiger partial charge < -0.3 is 4.90 Å². The SMILES string of the molecule is CCC(CC)CN(CC)c1cc(CCl)nc2ccccc12. The third-order valence-electron chi connectivity index (χ3n) is 4.24. The number of fused-ring (bicyclic) bond motifs is 1. The molecule has 114 valence electrons. The maximum absolute atomic E-state index is 6.03. The van der Waals surface area contributed by atoms with Gasteiger partial charge in [-0.3, -0.25) is 4.98 Å². The molecule has 0 N–H and O–H groups in total. The fourth-order valence-electron chi connectivity index (χ4n) is 2.80. The van der Waals surface area contributed by atoms with Gasteiger partial charge in [0.1, 0.15) is 0 Å². The second-order valence-electron chi connectivity index (χ2n) is 5.50. The minimum atomic E-state index is 0.459. The standard InChI is InChI=1S/C18H25ClN2/c1-4-14(5-2)13-21(6-3)18-11-15(12-19)20-17-10-8-7-9-16(17)18/h7-11,14H,4-6,12-13H2,1-3H3. The van der Waals surface area contributed by atoms with E-state index in [4.69, 9.17) is 11.6 Å². The molecule has 0 radical (unpaired) electrons. The molecular formula is C18H25ClN2. The summed E-state index contributed by atoms with van der Waals surface area (Å²) in [5, 5.41) is 1.22. The van der Waals surface area contributed by atoms with Crippen molar-refractivity contribution in [2.75, 3.05) is 18.0 Å². The van der Waals surface area contributed by atoms with E-state index in [1.54, 1.807) is 0 Å². The van der Waals surface area contributed by atoms with Gasteiger partial charge in [0.15, 0.2) is 0 Å². The van der Waals surface area contributed by atoms with Gasteiger partial charge in [0.25, 0.3) is 0 Å². The molecule has 0 bridgehead atoms. The number of halogens is 1. The van der Waals surface area contributed by atoms with Crippen molar-refractivity contribution >= 4 is 28.2 Å². The number of pyridine rings is 1. The Morgan fingerprint density at radius 3 is 2.48 bits per heavy atom. The largest absolute Gasteiger partial charge is 0.371 e. The maximum atomic E-state index is 6.03. The van der Waals surface area contributed by atoms with Crippen LogP contribution in [0.25, 0.3) is 10.9 Å². The van der Waals surface area contributed by atoms with Crippen LogP contribution in [0, 0.1) is 5.92 Å². The minimum Gasteiger partial charge on any atom is -0.371 e. The van der Waals surface area contributed by atoms with Crippen molar-refractivity contribution in [2.24, 2.45) is 5.92 Å². The summed E-state index contributed by atoms with van der Waals surface area (Å²) in [6.45, 7) is 8.87. The number of hydrogen-bond acceptors (Lipinski definition) is 2. The number of hydrogen-bond donors (Lipinski definition) is 0. The third kappa shape index (κ3) is 3.68. The molecule has 0 amide bonds. The van der Waals surface area contributed by atoms with Crippen molar-refractivity contribution in [3.8, 4) is 0 Å². The van der Waals surface area contributed by atoms with Crippen molar-refractivity contribution in [1.82, 2.24) is 4.98 Å². The lowest BCUT2D eigenvalue weighted by Gasteiger charge is -2.29. The first kappa shape index (κ1) is 16.1. The Balaban J connectivity index is 2.46. The zero-order valence-electron chi connectivity index (χ0n) is 13.3. The molecule has 0 unspecified atom stereocenters. The third-order valence-corrected chi connectivity index (χ3v) is 4.51. The fourth-order valence-corrected chi connectivity index (χ4v) is 2.93. The normalized spacial score (nSPS) is 11.3. The van der Waals surface area contributed by atoms with Crippen LogP contribution in [0.1, 0.15) is 39.3 Å². The molecule has 0 atom stereocenters. The van der Waals surface area contributed by atoms with Crippen molar-refractivity contribution in [2.45, 2.75) is 39.5 Å². The molecule has 0 saturated heterocycles. The maximum Gasteiger partial charge on any atom is 0.0726 e. The monoisotopic (exact) mass is 304 g/mol. The first-order chi connectivity index (χ1) is 10.2. The van der Waals surface area contributed by atoms with Crippen LogP contribution in [0.15, 0.2) is 30.3 Å². The number of aromatic nitrogens is 1. The predicted octanol–water partition coefficient (Wildman–Crippen LogP) is 5.24. The summed E-state index contributed by atoms with van der Waals surface area (Å²) < 4.78 is 0. The highest BCUT2D eigenvalue weighted by Gasteiger charge is 2.14. The van der Waals surface area contributed by atoms with Crippen molar-refractivity contribution < 1.29 is 0 Å². The number of rotatable bonds is 7. The fraction of sp³-hybridized carbons (Fsp3) is 0.500. The van der Waals surface area contributed by atoms with Crippen LogP contribution in [-0.2, 0) is 5.88 Å². The summed E-state index contributed by atoms with van der Waals surface area (Å²) in [6, 6.07) is 10.5. The first-order valence-corrected chi connectivity index (χ1v) is 8.46. The van der Waals surface area contributed by atoms with Gasteiger partial charge >= 0.3 is 0 Å².